The Labute approximate surface area is 187 Å². The minimum Gasteiger partial charge on any atom is -0.497 e. The first kappa shape index (κ1) is 20.8. The monoisotopic (exact) mass is 431 g/mol. The molecule has 0 bridgehead atoms. The van der Waals surface area contributed by atoms with E-state index in [0.717, 1.165) is 0 Å². The number of carbonyl (C=O) groups excluding carboxylic acids is 1. The van der Waals surface area contributed by atoms with E-state index in [2.05, 4.69) is 41.4 Å². The van der Waals surface area contributed by atoms with Gasteiger partial charge in [-0.15, -0.1) is 0 Å². The van der Waals surface area contributed by atoms with Gasteiger partial charge in [0, 0.05) is 24.4 Å². The molecule has 156 valence electrons. The number of rotatable bonds is 5. The molecule has 0 spiro atoms. The summed E-state index contributed by atoms with van der Waals surface area (Å²) < 4.78 is 10.7. The summed E-state index contributed by atoms with van der Waals surface area (Å²) in [7, 11) is 1.60. The van der Waals surface area contributed by atoms with Crippen molar-refractivity contribution in [3.8, 4) is 28.7 Å². The van der Waals surface area contributed by atoms with Crippen LogP contribution in [0.15, 0.2) is 66.7 Å². The van der Waals surface area contributed by atoms with Crippen molar-refractivity contribution in [1.29, 1.82) is 0 Å². The molecule has 0 heterocycles. The number of hydrogen-bond acceptors (Lipinski definition) is 3. The molecule has 3 aromatic carbocycles. The summed E-state index contributed by atoms with van der Waals surface area (Å²) in [5.74, 6) is 6.77. The van der Waals surface area contributed by atoms with Gasteiger partial charge in [-0.3, -0.25) is 0 Å². The molecule has 31 heavy (non-hydrogen) atoms. The number of alkyl carbamates (subject to hydrolysis) is 1. The van der Waals surface area contributed by atoms with Crippen molar-refractivity contribution in [2.45, 2.75) is 12.3 Å². The average Bonchev–Trinajstić information content (AvgIpc) is 3.12. The summed E-state index contributed by atoms with van der Waals surface area (Å²) >= 11 is 6.14. The van der Waals surface area contributed by atoms with E-state index in [4.69, 9.17) is 21.1 Å². The molecule has 0 unspecified atom stereocenters. The maximum Gasteiger partial charge on any atom is 0.407 e. The third-order valence-corrected chi connectivity index (χ3v) is 5.59. The minimum atomic E-state index is -0.442. The smallest absolute Gasteiger partial charge is 0.407 e. The van der Waals surface area contributed by atoms with Crippen LogP contribution in [0.3, 0.4) is 0 Å². The second-order valence-corrected chi connectivity index (χ2v) is 7.56. The molecule has 1 aliphatic rings. The third kappa shape index (κ3) is 4.68. The van der Waals surface area contributed by atoms with Crippen LogP contribution in [0.5, 0.6) is 5.75 Å². The van der Waals surface area contributed by atoms with Crippen molar-refractivity contribution < 1.29 is 14.3 Å². The van der Waals surface area contributed by atoms with Crippen LogP contribution in [0.1, 0.15) is 29.0 Å². The zero-order valence-corrected chi connectivity index (χ0v) is 17.9. The van der Waals surface area contributed by atoms with Gasteiger partial charge in [0.1, 0.15) is 12.4 Å². The zero-order chi connectivity index (χ0) is 21.6. The van der Waals surface area contributed by atoms with Gasteiger partial charge in [-0.05, 0) is 40.5 Å². The van der Waals surface area contributed by atoms with Crippen molar-refractivity contribution in [1.82, 2.24) is 5.32 Å². The number of amides is 1. The van der Waals surface area contributed by atoms with Crippen LogP contribution in [0.4, 0.5) is 4.79 Å². The molecule has 4 rings (SSSR count). The fourth-order valence-electron chi connectivity index (χ4n) is 3.76. The van der Waals surface area contributed by atoms with E-state index in [1.165, 1.54) is 22.3 Å². The zero-order valence-electron chi connectivity index (χ0n) is 17.2. The van der Waals surface area contributed by atoms with Crippen LogP contribution in [-0.4, -0.2) is 26.4 Å². The predicted octanol–water partition coefficient (Wildman–Crippen LogP) is 5.63. The highest BCUT2D eigenvalue weighted by atomic mass is 35.5. The second-order valence-electron chi connectivity index (χ2n) is 7.15. The van der Waals surface area contributed by atoms with Crippen molar-refractivity contribution in [2.24, 2.45) is 0 Å². The molecule has 3 aromatic rings. The number of hydrogen-bond donors (Lipinski definition) is 1. The maximum atomic E-state index is 12.2. The lowest BCUT2D eigenvalue weighted by molar-refractivity contribution is 0.143. The van der Waals surface area contributed by atoms with E-state index in [1.54, 1.807) is 25.3 Å². The molecule has 1 N–H and O–H groups in total. The van der Waals surface area contributed by atoms with Gasteiger partial charge in [0.15, 0.2) is 0 Å². The molecular formula is C26H22ClNO3. The van der Waals surface area contributed by atoms with Crippen LogP contribution in [-0.2, 0) is 4.74 Å². The van der Waals surface area contributed by atoms with Gasteiger partial charge < -0.3 is 14.8 Å². The predicted molar refractivity (Wildman–Crippen MR) is 123 cm³/mol. The number of benzene rings is 3. The van der Waals surface area contributed by atoms with E-state index < -0.39 is 6.09 Å². The largest absolute Gasteiger partial charge is 0.497 e. The first-order chi connectivity index (χ1) is 15.2. The molecule has 5 heteroatoms. The molecule has 0 aromatic heterocycles. The van der Waals surface area contributed by atoms with Crippen LogP contribution in [0.2, 0.25) is 5.02 Å². The highest BCUT2D eigenvalue weighted by Crippen LogP contribution is 2.44. The lowest BCUT2D eigenvalue weighted by atomic mass is 9.98. The Morgan fingerprint density at radius 3 is 2.39 bits per heavy atom. The summed E-state index contributed by atoms with van der Waals surface area (Å²) in [6.07, 6.45) is 0.0423. The summed E-state index contributed by atoms with van der Waals surface area (Å²) in [6.45, 7) is 0.691. The summed E-state index contributed by atoms with van der Waals surface area (Å²) in [5.41, 5.74) is 5.49. The lowest BCUT2D eigenvalue weighted by Gasteiger charge is -2.14. The van der Waals surface area contributed by atoms with Gasteiger partial charge >= 0.3 is 6.09 Å². The maximum absolute atomic E-state index is 12.2. The first-order valence-corrected chi connectivity index (χ1v) is 10.5. The van der Waals surface area contributed by atoms with E-state index in [1.807, 2.05) is 24.3 Å². The number of carbonyl (C=O) groups is 1. The van der Waals surface area contributed by atoms with Gasteiger partial charge in [0.25, 0.3) is 0 Å². The number of fused-ring (bicyclic) bond motifs is 3. The molecular weight excluding hydrogens is 410 g/mol. The van der Waals surface area contributed by atoms with Gasteiger partial charge in [-0.25, -0.2) is 4.79 Å². The quantitative estimate of drug-likeness (QED) is 0.420. The van der Waals surface area contributed by atoms with Crippen molar-refractivity contribution in [2.75, 3.05) is 20.3 Å². The Hall–Kier alpha value is -3.42. The van der Waals surface area contributed by atoms with Crippen molar-refractivity contribution in [3.63, 3.8) is 0 Å². The van der Waals surface area contributed by atoms with Gasteiger partial charge in [0.05, 0.1) is 12.1 Å². The summed E-state index contributed by atoms with van der Waals surface area (Å²) in [4.78, 5) is 12.2. The molecule has 1 amide bonds. The normalized spacial score (nSPS) is 11.7. The fraction of sp³-hybridized carbons (Fsp3) is 0.192. The topological polar surface area (TPSA) is 47.6 Å². The Bertz CT molecular complexity index is 1120. The second kappa shape index (κ2) is 9.59. The molecule has 0 saturated heterocycles. The van der Waals surface area contributed by atoms with Gasteiger partial charge in [-0.2, -0.15) is 0 Å². The Morgan fingerprint density at radius 2 is 1.71 bits per heavy atom. The molecule has 4 nitrogen and oxygen atoms in total. The van der Waals surface area contributed by atoms with Crippen molar-refractivity contribution in [3.05, 3.63) is 88.4 Å². The van der Waals surface area contributed by atoms with Crippen LogP contribution < -0.4 is 10.1 Å². The number of halogens is 1. The SMILES string of the molecule is COc1ccc(Cl)c(C#CCCNC(=O)OCC2c3ccccc3-c3ccccc32)c1. The molecule has 0 fully saturated rings. The first-order valence-electron chi connectivity index (χ1n) is 10.1. The molecule has 0 atom stereocenters. The summed E-state index contributed by atoms with van der Waals surface area (Å²) in [6, 6.07) is 21.8. The van der Waals surface area contributed by atoms with E-state index >= 15 is 0 Å². The number of methoxy groups -OCH3 is 1. The molecule has 1 aliphatic carbocycles. The van der Waals surface area contributed by atoms with Crippen LogP contribution in [0, 0.1) is 11.8 Å². The molecule has 0 radical (unpaired) electrons. The Balaban J connectivity index is 1.29. The number of ether oxygens (including phenoxy) is 2. The van der Waals surface area contributed by atoms with E-state index in [0.29, 0.717) is 35.9 Å². The third-order valence-electron chi connectivity index (χ3n) is 5.26. The molecule has 0 aliphatic heterocycles. The average molecular weight is 432 g/mol. The van der Waals surface area contributed by atoms with Crippen LogP contribution in [0.25, 0.3) is 11.1 Å². The lowest BCUT2D eigenvalue weighted by Crippen LogP contribution is -2.26. The van der Waals surface area contributed by atoms with Crippen molar-refractivity contribution >= 4 is 17.7 Å². The van der Waals surface area contributed by atoms with Gasteiger partial charge in [0.2, 0.25) is 0 Å². The standard InChI is InChI=1S/C26H22ClNO3/c1-30-19-13-14-25(27)18(16-19)8-6-7-15-28-26(29)31-17-24-22-11-4-2-9-20(22)21-10-3-5-12-23(21)24/h2-5,9-14,16,24H,7,15,17H2,1H3,(H,28,29). The number of nitrogens with one attached hydrogen (secondary N) is 1. The van der Waals surface area contributed by atoms with E-state index in [-0.39, 0.29) is 5.92 Å². The highest BCUT2D eigenvalue weighted by molar-refractivity contribution is 6.31. The highest BCUT2D eigenvalue weighted by Gasteiger charge is 2.28. The van der Waals surface area contributed by atoms with E-state index in [9.17, 15) is 4.79 Å². The summed E-state index contributed by atoms with van der Waals surface area (Å²) in [5, 5.41) is 3.32. The Morgan fingerprint density at radius 1 is 1.03 bits per heavy atom. The molecule has 0 saturated carbocycles. The van der Waals surface area contributed by atoms with Gasteiger partial charge in [-0.1, -0.05) is 72.0 Å². The Kier molecular flexibility index (Phi) is 6.45. The van der Waals surface area contributed by atoms with Crippen LogP contribution >= 0.6 is 11.6 Å². The minimum absolute atomic E-state index is 0.0492. The fourth-order valence-corrected chi connectivity index (χ4v) is 3.93.